The van der Waals surface area contributed by atoms with Crippen LogP contribution in [0.25, 0.3) is 11.1 Å². The molecule has 0 unspecified atom stereocenters. The van der Waals surface area contributed by atoms with Crippen LogP contribution in [0, 0.1) is 24.1 Å². The number of nitrogens with zero attached hydrogens (tertiary/aromatic N) is 2. The van der Waals surface area contributed by atoms with Crippen LogP contribution in [-0.4, -0.2) is 12.0 Å². The van der Waals surface area contributed by atoms with Crippen LogP contribution in [0.3, 0.4) is 0 Å². The third-order valence-electron chi connectivity index (χ3n) is 2.71. The van der Waals surface area contributed by atoms with E-state index in [1.165, 1.54) is 12.1 Å². The fourth-order valence-electron chi connectivity index (χ4n) is 1.83. The highest BCUT2D eigenvalue weighted by molar-refractivity contribution is 5.70. The highest BCUT2D eigenvalue weighted by Crippen LogP contribution is 2.26. The van der Waals surface area contributed by atoms with E-state index in [4.69, 9.17) is 5.26 Å². The number of halogens is 1. The number of pyridine rings is 1. The lowest BCUT2D eigenvalue weighted by Crippen LogP contribution is -1.99. The first-order chi connectivity index (χ1) is 8.65. The summed E-state index contributed by atoms with van der Waals surface area (Å²) in [5.74, 6) is 0.234. The highest BCUT2D eigenvalue weighted by Gasteiger charge is 2.10. The molecule has 0 amide bonds. The Kier molecular flexibility index (Phi) is 3.24. The molecule has 1 aromatic heterocycles. The van der Waals surface area contributed by atoms with Crippen LogP contribution in [0.15, 0.2) is 30.3 Å². The van der Waals surface area contributed by atoms with E-state index in [0.29, 0.717) is 11.4 Å². The Hall–Kier alpha value is -2.41. The van der Waals surface area contributed by atoms with Gasteiger partial charge in [-0.15, -0.1) is 0 Å². The van der Waals surface area contributed by atoms with Gasteiger partial charge in [-0.05, 0) is 30.7 Å². The van der Waals surface area contributed by atoms with Crippen molar-refractivity contribution in [2.24, 2.45) is 0 Å². The Morgan fingerprint density at radius 1 is 1.33 bits per heavy atom. The van der Waals surface area contributed by atoms with E-state index < -0.39 is 0 Å². The van der Waals surface area contributed by atoms with E-state index in [-0.39, 0.29) is 5.82 Å². The van der Waals surface area contributed by atoms with Crippen LogP contribution in [0.1, 0.15) is 11.3 Å². The van der Waals surface area contributed by atoms with Gasteiger partial charge in [0.2, 0.25) is 0 Å². The van der Waals surface area contributed by atoms with E-state index in [2.05, 4.69) is 16.4 Å². The number of hydrogen-bond donors (Lipinski definition) is 1. The molecule has 1 aromatic carbocycles. The second kappa shape index (κ2) is 4.84. The van der Waals surface area contributed by atoms with E-state index in [1.54, 1.807) is 25.2 Å². The molecular weight excluding hydrogens is 229 g/mol. The molecule has 0 spiro atoms. The molecule has 0 aliphatic carbocycles. The molecule has 0 aliphatic rings. The molecule has 18 heavy (non-hydrogen) atoms. The smallest absolute Gasteiger partial charge is 0.143 e. The molecule has 1 heterocycles. The van der Waals surface area contributed by atoms with Crippen LogP contribution in [0.2, 0.25) is 0 Å². The van der Waals surface area contributed by atoms with Gasteiger partial charge >= 0.3 is 0 Å². The number of benzene rings is 1. The monoisotopic (exact) mass is 241 g/mol. The van der Waals surface area contributed by atoms with E-state index in [1.807, 2.05) is 6.92 Å². The van der Waals surface area contributed by atoms with Crippen LogP contribution < -0.4 is 5.32 Å². The van der Waals surface area contributed by atoms with E-state index in [9.17, 15) is 4.39 Å². The van der Waals surface area contributed by atoms with Crippen molar-refractivity contribution >= 4 is 5.82 Å². The summed E-state index contributed by atoms with van der Waals surface area (Å²) in [5.41, 5.74) is 2.69. The van der Waals surface area contributed by atoms with Gasteiger partial charge in [0.15, 0.2) is 0 Å². The molecule has 0 bridgehead atoms. The molecule has 2 aromatic rings. The topological polar surface area (TPSA) is 48.7 Å². The summed E-state index contributed by atoms with van der Waals surface area (Å²) in [4.78, 5) is 4.31. The number of nitrogens with one attached hydrogen (secondary N) is 1. The number of anilines is 1. The summed E-state index contributed by atoms with van der Waals surface area (Å²) in [7, 11) is 1.71. The van der Waals surface area contributed by atoms with E-state index in [0.717, 1.165) is 16.8 Å². The summed E-state index contributed by atoms with van der Waals surface area (Å²) in [6.07, 6.45) is 0. The number of nitriles is 1. The zero-order chi connectivity index (χ0) is 13.1. The number of rotatable bonds is 2. The number of aromatic nitrogens is 1. The van der Waals surface area contributed by atoms with E-state index >= 15 is 0 Å². The molecule has 0 radical (unpaired) electrons. The first-order valence-electron chi connectivity index (χ1n) is 5.51. The maximum atomic E-state index is 13.2. The summed E-state index contributed by atoms with van der Waals surface area (Å²) in [6, 6.07) is 10.1. The molecule has 1 N–H and O–H groups in total. The van der Waals surface area contributed by atoms with Crippen molar-refractivity contribution in [2.75, 3.05) is 12.4 Å². The lowest BCUT2D eigenvalue weighted by atomic mass is 10.0. The van der Waals surface area contributed by atoms with Crippen molar-refractivity contribution < 1.29 is 4.39 Å². The average molecular weight is 241 g/mol. The van der Waals surface area contributed by atoms with Gasteiger partial charge in [0.25, 0.3) is 0 Å². The van der Waals surface area contributed by atoms with Gasteiger partial charge in [-0.2, -0.15) is 5.26 Å². The molecule has 90 valence electrons. The van der Waals surface area contributed by atoms with Crippen LogP contribution in [0.5, 0.6) is 0 Å². The largest absolute Gasteiger partial charge is 0.372 e. The van der Waals surface area contributed by atoms with Crippen LogP contribution in [-0.2, 0) is 0 Å². The van der Waals surface area contributed by atoms with Crippen molar-refractivity contribution in [1.29, 1.82) is 5.26 Å². The SMILES string of the molecule is CNc1nc(C)c(-c2cccc(F)c2)cc1C#N. The Labute approximate surface area is 105 Å². The second-order valence-corrected chi connectivity index (χ2v) is 3.89. The Morgan fingerprint density at radius 2 is 2.11 bits per heavy atom. The van der Waals surface area contributed by atoms with Crippen molar-refractivity contribution in [3.8, 4) is 17.2 Å². The average Bonchev–Trinajstić information content (AvgIpc) is 2.38. The minimum atomic E-state index is -0.303. The molecule has 0 saturated carbocycles. The Balaban J connectivity index is 2.62. The third-order valence-corrected chi connectivity index (χ3v) is 2.71. The second-order valence-electron chi connectivity index (χ2n) is 3.89. The predicted octanol–water partition coefficient (Wildman–Crippen LogP) is 3.11. The molecule has 0 atom stereocenters. The lowest BCUT2D eigenvalue weighted by Gasteiger charge is -2.09. The highest BCUT2D eigenvalue weighted by atomic mass is 19.1. The van der Waals surface area contributed by atoms with Crippen LogP contribution >= 0.6 is 0 Å². The van der Waals surface area contributed by atoms with Crippen molar-refractivity contribution in [3.63, 3.8) is 0 Å². The Morgan fingerprint density at radius 3 is 2.72 bits per heavy atom. The molecule has 0 aliphatic heterocycles. The fraction of sp³-hybridized carbons (Fsp3) is 0.143. The zero-order valence-corrected chi connectivity index (χ0v) is 10.2. The minimum absolute atomic E-state index is 0.303. The summed E-state index contributed by atoms with van der Waals surface area (Å²) in [6.45, 7) is 1.84. The first-order valence-corrected chi connectivity index (χ1v) is 5.51. The van der Waals surface area contributed by atoms with Crippen molar-refractivity contribution in [1.82, 2.24) is 4.98 Å². The molecule has 4 heteroatoms. The molecule has 3 nitrogen and oxygen atoms in total. The normalized spacial score (nSPS) is 9.89. The fourth-order valence-corrected chi connectivity index (χ4v) is 1.83. The molecule has 0 fully saturated rings. The summed E-state index contributed by atoms with van der Waals surface area (Å²) >= 11 is 0. The maximum Gasteiger partial charge on any atom is 0.143 e. The quantitative estimate of drug-likeness (QED) is 0.878. The molecule has 0 saturated heterocycles. The van der Waals surface area contributed by atoms with Gasteiger partial charge in [-0.3, -0.25) is 0 Å². The molecule has 2 rings (SSSR count). The Bertz CT molecular complexity index is 629. The first kappa shape index (κ1) is 12.1. The number of aryl methyl sites for hydroxylation is 1. The third kappa shape index (κ3) is 2.16. The van der Waals surface area contributed by atoms with Crippen molar-refractivity contribution in [2.45, 2.75) is 6.92 Å². The van der Waals surface area contributed by atoms with Gasteiger partial charge in [0.05, 0.1) is 5.56 Å². The summed E-state index contributed by atoms with van der Waals surface area (Å²) in [5, 5.41) is 11.9. The van der Waals surface area contributed by atoms with Crippen LogP contribution in [0.4, 0.5) is 10.2 Å². The maximum absolute atomic E-state index is 13.2. The van der Waals surface area contributed by atoms with Gasteiger partial charge in [-0.25, -0.2) is 9.37 Å². The molecular formula is C14H12FN3. The lowest BCUT2D eigenvalue weighted by molar-refractivity contribution is 0.628. The standard InChI is InChI=1S/C14H12FN3/c1-9-13(10-4-3-5-12(15)6-10)7-11(8-16)14(17-2)18-9/h3-7H,1-2H3,(H,17,18). The zero-order valence-electron chi connectivity index (χ0n) is 10.2. The minimum Gasteiger partial charge on any atom is -0.372 e. The predicted molar refractivity (Wildman–Crippen MR) is 68.6 cm³/mol. The number of hydrogen-bond acceptors (Lipinski definition) is 3. The van der Waals surface area contributed by atoms with Gasteiger partial charge in [0.1, 0.15) is 17.7 Å². The van der Waals surface area contributed by atoms with Gasteiger partial charge < -0.3 is 5.32 Å². The van der Waals surface area contributed by atoms with Gasteiger partial charge in [0, 0.05) is 18.3 Å². The van der Waals surface area contributed by atoms with Crippen molar-refractivity contribution in [3.05, 3.63) is 47.4 Å². The summed E-state index contributed by atoms with van der Waals surface area (Å²) < 4.78 is 13.2. The van der Waals surface area contributed by atoms with Gasteiger partial charge in [-0.1, -0.05) is 12.1 Å².